The molecule has 3 N–H and O–H groups in total. The van der Waals surface area contributed by atoms with Crippen LogP contribution in [0.3, 0.4) is 0 Å². The zero-order valence-corrected chi connectivity index (χ0v) is 20.8. The van der Waals surface area contributed by atoms with E-state index in [1.807, 2.05) is 11.0 Å². The molecule has 2 saturated heterocycles. The van der Waals surface area contributed by atoms with Crippen LogP contribution in [-0.4, -0.2) is 94.2 Å². The van der Waals surface area contributed by atoms with Crippen LogP contribution in [0.5, 0.6) is 0 Å². The number of aromatic nitrogens is 4. The molecule has 13 nitrogen and oxygen atoms in total. The number of nitrogens with one attached hydrogen (secondary N) is 2. The minimum absolute atomic E-state index is 0.0239. The summed E-state index contributed by atoms with van der Waals surface area (Å²) in [4.78, 5) is 25.8. The predicted octanol–water partition coefficient (Wildman–Crippen LogP) is 2.09. The number of carboxylic acid groups (broad SMARTS) is 1. The molecule has 1 saturated carbocycles. The molecule has 3 fully saturated rings. The first-order chi connectivity index (χ1) is 18.4. The fraction of sp³-hybridized carbons (Fsp3) is 0.458. The summed E-state index contributed by atoms with van der Waals surface area (Å²) >= 11 is 0. The largest absolute Gasteiger partial charge is 0.465 e. The second-order valence-corrected chi connectivity index (χ2v) is 9.70. The van der Waals surface area contributed by atoms with Gasteiger partial charge in [0.15, 0.2) is 23.0 Å². The summed E-state index contributed by atoms with van der Waals surface area (Å²) in [5.74, 6) is -0.0635. The van der Waals surface area contributed by atoms with Crippen molar-refractivity contribution < 1.29 is 19.0 Å². The molecule has 0 atom stereocenters. The maximum Gasteiger partial charge on any atom is 0.411 e. The van der Waals surface area contributed by atoms with E-state index in [4.69, 9.17) is 4.74 Å². The molecule has 38 heavy (non-hydrogen) atoms. The van der Waals surface area contributed by atoms with Gasteiger partial charge in [-0.15, -0.1) is 5.10 Å². The first-order valence-electron chi connectivity index (χ1n) is 12.5. The first-order valence-corrected chi connectivity index (χ1v) is 12.5. The second-order valence-electron chi connectivity index (χ2n) is 9.70. The molecule has 2 aromatic heterocycles. The number of benzene rings is 1. The van der Waals surface area contributed by atoms with E-state index in [0.717, 1.165) is 30.8 Å². The van der Waals surface area contributed by atoms with Crippen LogP contribution in [0.1, 0.15) is 18.5 Å². The van der Waals surface area contributed by atoms with Crippen LogP contribution < -0.4 is 20.4 Å². The monoisotopic (exact) mass is 522 g/mol. The smallest absolute Gasteiger partial charge is 0.411 e. The third-order valence-electron chi connectivity index (χ3n) is 7.15. The highest BCUT2D eigenvalue weighted by Gasteiger charge is 2.31. The number of imidazole rings is 1. The molecule has 4 heterocycles. The van der Waals surface area contributed by atoms with Crippen molar-refractivity contribution in [1.82, 2.24) is 24.5 Å². The van der Waals surface area contributed by atoms with E-state index in [9.17, 15) is 15.2 Å². The van der Waals surface area contributed by atoms with Crippen molar-refractivity contribution in [2.45, 2.75) is 24.9 Å². The Morgan fingerprint density at radius 3 is 2.66 bits per heavy atom. The minimum Gasteiger partial charge on any atom is -0.465 e. The maximum atomic E-state index is 16.0. The van der Waals surface area contributed by atoms with Gasteiger partial charge in [-0.25, -0.2) is 14.2 Å². The zero-order valence-electron chi connectivity index (χ0n) is 20.8. The lowest BCUT2D eigenvalue weighted by Crippen LogP contribution is -2.56. The highest BCUT2D eigenvalue weighted by atomic mass is 19.1. The van der Waals surface area contributed by atoms with Crippen molar-refractivity contribution >= 4 is 40.6 Å². The molecule has 14 heteroatoms. The molecule has 198 valence electrons. The van der Waals surface area contributed by atoms with Crippen molar-refractivity contribution in [3.63, 3.8) is 0 Å². The Hall–Kier alpha value is -4.22. The lowest BCUT2D eigenvalue weighted by molar-refractivity contribution is -0.0660. The van der Waals surface area contributed by atoms with Gasteiger partial charge in [0.05, 0.1) is 42.5 Å². The van der Waals surface area contributed by atoms with E-state index < -0.39 is 11.9 Å². The number of piperazine rings is 1. The summed E-state index contributed by atoms with van der Waals surface area (Å²) < 4.78 is 22.7. The van der Waals surface area contributed by atoms with Gasteiger partial charge in [-0.1, -0.05) is 0 Å². The zero-order chi connectivity index (χ0) is 26.4. The summed E-state index contributed by atoms with van der Waals surface area (Å²) in [5, 5.41) is 29.7. The van der Waals surface area contributed by atoms with Gasteiger partial charge in [-0.3, -0.25) is 9.80 Å². The van der Waals surface area contributed by atoms with E-state index in [2.05, 4.69) is 30.6 Å². The Bertz CT molecular complexity index is 1420. The minimum atomic E-state index is -1.17. The van der Waals surface area contributed by atoms with Gasteiger partial charge < -0.3 is 25.4 Å². The van der Waals surface area contributed by atoms with E-state index >= 15 is 4.39 Å². The van der Waals surface area contributed by atoms with E-state index in [1.54, 1.807) is 6.07 Å². The third kappa shape index (κ3) is 4.50. The molecule has 0 unspecified atom stereocenters. The number of rotatable bonds is 7. The van der Waals surface area contributed by atoms with E-state index in [-0.39, 0.29) is 23.4 Å². The standard InChI is InChI=1S/C24H27FN10O3/c1-32(24(36)37)15-8-18(20(25)19(9-15)34-6-4-33(5-7-34)17-12-38-13-17)29-23-30-21(28-14-2-3-14)22-27-11-16(10-26)35(22)31-23/h8-9,11,14,17H,2-7,12-13H2,1H3,(H,36,37)(H2,28,29,30,31). The van der Waals surface area contributed by atoms with Crippen LogP contribution in [0.2, 0.25) is 0 Å². The SMILES string of the molecule is CN(C(=O)O)c1cc(Nc2nc(NC3CC3)c3ncc(C#N)n3n2)c(F)c(N2CCN(C3COC3)CC2)c1. The Balaban J connectivity index is 1.35. The van der Waals surface area contributed by atoms with Crippen LogP contribution in [0, 0.1) is 17.1 Å². The van der Waals surface area contributed by atoms with Crippen molar-refractivity contribution in [1.29, 1.82) is 5.26 Å². The quantitative estimate of drug-likeness (QED) is 0.419. The van der Waals surface area contributed by atoms with Gasteiger partial charge in [0.25, 0.3) is 0 Å². The van der Waals surface area contributed by atoms with E-state index in [0.29, 0.717) is 55.2 Å². The molecule has 3 aromatic rings. The van der Waals surface area contributed by atoms with Gasteiger partial charge in [0, 0.05) is 39.3 Å². The summed E-state index contributed by atoms with van der Waals surface area (Å²) in [6.45, 7) is 4.12. The number of nitrogens with zero attached hydrogens (tertiary/aromatic N) is 8. The molecule has 2 aliphatic heterocycles. The molecular formula is C24H27FN10O3. The number of fused-ring (bicyclic) bond motifs is 1. The van der Waals surface area contributed by atoms with Gasteiger partial charge in [-0.2, -0.15) is 14.8 Å². The van der Waals surface area contributed by atoms with Gasteiger partial charge >= 0.3 is 6.09 Å². The van der Waals surface area contributed by atoms with Crippen LogP contribution in [-0.2, 0) is 4.74 Å². The topological polar surface area (TPSA) is 147 Å². The number of halogens is 1. The molecule has 6 rings (SSSR count). The number of hydrogen-bond acceptors (Lipinski definition) is 10. The van der Waals surface area contributed by atoms with Crippen molar-refractivity contribution in [2.24, 2.45) is 0 Å². The van der Waals surface area contributed by atoms with Crippen LogP contribution in [0.15, 0.2) is 18.3 Å². The van der Waals surface area contributed by atoms with Gasteiger partial charge in [0.2, 0.25) is 5.95 Å². The maximum absolute atomic E-state index is 16.0. The fourth-order valence-electron chi connectivity index (χ4n) is 4.63. The molecule has 0 bridgehead atoms. The van der Waals surface area contributed by atoms with Crippen LogP contribution >= 0.6 is 0 Å². The normalized spacial score (nSPS) is 18.2. The number of anilines is 5. The highest BCUT2D eigenvalue weighted by Crippen LogP contribution is 2.35. The van der Waals surface area contributed by atoms with Gasteiger partial charge in [0.1, 0.15) is 6.07 Å². The summed E-state index contributed by atoms with van der Waals surface area (Å²) in [7, 11) is 1.41. The third-order valence-corrected chi connectivity index (χ3v) is 7.15. The summed E-state index contributed by atoms with van der Waals surface area (Å²) in [6.07, 6.45) is 2.22. The summed E-state index contributed by atoms with van der Waals surface area (Å²) in [5.41, 5.74) is 1.22. The molecule has 0 radical (unpaired) electrons. The molecule has 1 aromatic carbocycles. The van der Waals surface area contributed by atoms with Crippen molar-refractivity contribution in [3.05, 3.63) is 29.8 Å². The van der Waals surface area contributed by atoms with Gasteiger partial charge in [-0.05, 0) is 25.0 Å². The molecular weight excluding hydrogens is 495 g/mol. The predicted molar refractivity (Wildman–Crippen MR) is 137 cm³/mol. The molecule has 3 aliphatic rings. The molecule has 1 amide bonds. The van der Waals surface area contributed by atoms with Crippen LogP contribution in [0.4, 0.5) is 38.0 Å². The van der Waals surface area contributed by atoms with Crippen molar-refractivity contribution in [2.75, 3.05) is 66.9 Å². The first kappa shape index (κ1) is 24.1. The summed E-state index contributed by atoms with van der Waals surface area (Å²) in [6, 6.07) is 5.66. The molecule has 1 aliphatic carbocycles. The number of nitriles is 1. The lowest BCUT2D eigenvalue weighted by atomic mass is 10.1. The van der Waals surface area contributed by atoms with Crippen LogP contribution in [0.25, 0.3) is 5.65 Å². The Kier molecular flexibility index (Phi) is 6.09. The highest BCUT2D eigenvalue weighted by molar-refractivity contribution is 5.88. The van der Waals surface area contributed by atoms with E-state index in [1.165, 1.54) is 23.8 Å². The van der Waals surface area contributed by atoms with Crippen molar-refractivity contribution in [3.8, 4) is 6.07 Å². The number of carbonyl (C=O) groups is 1. The number of amides is 1. The number of ether oxygens (including phenoxy) is 1. The Labute approximate surface area is 217 Å². The second kappa shape index (κ2) is 9.58. The average Bonchev–Trinajstić information content (AvgIpc) is 3.60. The number of hydrogen-bond donors (Lipinski definition) is 3. The molecule has 0 spiro atoms. The fourth-order valence-corrected chi connectivity index (χ4v) is 4.63. The average molecular weight is 523 g/mol. The Morgan fingerprint density at radius 1 is 1.26 bits per heavy atom. The lowest BCUT2D eigenvalue weighted by Gasteiger charge is -2.43. The Morgan fingerprint density at radius 2 is 2.03 bits per heavy atom.